The van der Waals surface area contributed by atoms with Crippen molar-refractivity contribution in [3.8, 4) is 0 Å². The Bertz CT molecular complexity index is 319. The average Bonchev–Trinajstić information content (AvgIpc) is 2.37. The van der Waals surface area contributed by atoms with Gasteiger partial charge in [-0.3, -0.25) is 4.79 Å². The highest BCUT2D eigenvalue weighted by Crippen LogP contribution is 2.09. The van der Waals surface area contributed by atoms with E-state index in [9.17, 15) is 4.79 Å². The van der Waals surface area contributed by atoms with Gasteiger partial charge in [0, 0.05) is 32.6 Å². The molecule has 0 atom stereocenters. The second-order valence-electron chi connectivity index (χ2n) is 4.92. The van der Waals surface area contributed by atoms with Gasteiger partial charge in [0.15, 0.2) is 0 Å². The molecule has 6 heteroatoms. The molecule has 1 rings (SSSR count). The first kappa shape index (κ1) is 15.7. The Morgan fingerprint density at radius 1 is 1.47 bits per heavy atom. The van der Waals surface area contributed by atoms with E-state index >= 15 is 0 Å². The minimum absolute atomic E-state index is 0.421. The van der Waals surface area contributed by atoms with Crippen LogP contribution in [0.4, 0.5) is 0 Å². The largest absolute Gasteiger partial charge is 0.597 e. The Kier molecular flexibility index (Phi) is 7.14. The van der Waals surface area contributed by atoms with Crippen molar-refractivity contribution >= 4 is 12.1 Å². The summed E-state index contributed by atoms with van der Waals surface area (Å²) in [6.45, 7) is 5.88. The molecule has 19 heavy (non-hydrogen) atoms. The number of nitrogens with zero attached hydrogens (tertiary/aromatic N) is 1. The fraction of sp³-hybridized carbons (Fsp3) is 0.692. The van der Waals surface area contributed by atoms with Gasteiger partial charge in [0.25, 0.3) is 0 Å². The van der Waals surface area contributed by atoms with Gasteiger partial charge in [0.1, 0.15) is 0 Å². The smallest absolute Gasteiger partial charge is 0.227 e. The highest BCUT2D eigenvalue weighted by molar-refractivity contribution is 5.94. The van der Waals surface area contributed by atoms with Gasteiger partial charge in [-0.25, -0.2) is 0 Å². The first-order valence-corrected chi connectivity index (χ1v) is 6.72. The summed E-state index contributed by atoms with van der Waals surface area (Å²) in [6.07, 6.45) is 4.45. The van der Waals surface area contributed by atoms with Crippen molar-refractivity contribution < 1.29 is 9.90 Å². The maximum atomic E-state index is 10.1. The maximum Gasteiger partial charge on any atom is 0.227 e. The van der Waals surface area contributed by atoms with Crippen molar-refractivity contribution in [2.24, 2.45) is 0 Å². The molecular formula is C13H25N4O2+. The van der Waals surface area contributed by atoms with E-state index in [1.807, 2.05) is 0 Å². The van der Waals surface area contributed by atoms with E-state index in [4.69, 9.17) is 10.5 Å². The molecule has 108 valence electrons. The summed E-state index contributed by atoms with van der Waals surface area (Å²) in [6, 6.07) is 0.454. The zero-order valence-electron chi connectivity index (χ0n) is 11.5. The maximum absolute atomic E-state index is 10.1. The second kappa shape index (κ2) is 8.66. The van der Waals surface area contributed by atoms with Gasteiger partial charge in [0.2, 0.25) is 12.2 Å². The third kappa shape index (κ3) is 6.93. The van der Waals surface area contributed by atoms with Crippen LogP contribution in [0.5, 0.6) is 0 Å². The molecule has 0 spiro atoms. The topological polar surface area (TPSA) is 91.1 Å². The van der Waals surface area contributed by atoms with Crippen LogP contribution in [-0.4, -0.2) is 60.9 Å². The molecular weight excluding hydrogens is 244 g/mol. The van der Waals surface area contributed by atoms with Gasteiger partial charge in [0.05, 0.1) is 11.8 Å². The van der Waals surface area contributed by atoms with Crippen LogP contribution in [0.25, 0.3) is 0 Å². The molecule has 1 amide bonds. The number of nitrogens with one attached hydrogen (secondary N) is 3. The lowest BCUT2D eigenvalue weighted by atomic mass is 10.0. The Morgan fingerprint density at radius 3 is 2.74 bits per heavy atom. The van der Waals surface area contributed by atoms with Crippen LogP contribution in [0.15, 0.2) is 11.8 Å². The summed E-state index contributed by atoms with van der Waals surface area (Å²) in [5, 5.41) is 21.0. The number of allylic oxidation sites excluding steroid dienone is 1. The van der Waals surface area contributed by atoms with Gasteiger partial charge >= 0.3 is 0 Å². The Labute approximate surface area is 114 Å². The van der Waals surface area contributed by atoms with Gasteiger partial charge < -0.3 is 26.0 Å². The highest BCUT2D eigenvalue weighted by Gasteiger charge is 2.18. The van der Waals surface area contributed by atoms with E-state index in [0.717, 1.165) is 38.9 Å². The number of carbonyl (C=O) groups excluding carboxylic acids is 1. The van der Waals surface area contributed by atoms with Crippen molar-refractivity contribution in [2.45, 2.75) is 25.8 Å². The molecule has 0 aliphatic carbocycles. The average molecular weight is 269 g/mol. The molecule has 0 saturated carbocycles. The third-order valence-corrected chi connectivity index (χ3v) is 3.22. The predicted molar refractivity (Wildman–Crippen MR) is 76.6 cm³/mol. The van der Waals surface area contributed by atoms with E-state index in [-0.39, 0.29) is 0 Å². The number of hydrogen-bond acceptors (Lipinski definition) is 4. The molecule has 0 aromatic carbocycles. The van der Waals surface area contributed by atoms with Crippen LogP contribution in [0.3, 0.4) is 0 Å². The number of likely N-dealkylation sites (tertiary alicyclic amines) is 1. The third-order valence-electron chi connectivity index (χ3n) is 3.22. The fourth-order valence-corrected chi connectivity index (χ4v) is 2.21. The lowest BCUT2D eigenvalue weighted by molar-refractivity contribution is -0.109. The minimum Gasteiger partial charge on any atom is -0.597 e. The van der Waals surface area contributed by atoms with Crippen molar-refractivity contribution in [1.82, 2.24) is 15.5 Å². The van der Waals surface area contributed by atoms with Gasteiger partial charge in [-0.05, 0) is 25.9 Å². The van der Waals surface area contributed by atoms with Gasteiger partial charge in [-0.1, -0.05) is 0 Å². The zero-order valence-corrected chi connectivity index (χ0v) is 11.5. The molecule has 0 unspecified atom stereocenters. The van der Waals surface area contributed by atoms with E-state index < -0.39 is 0 Å². The number of rotatable bonds is 8. The lowest BCUT2D eigenvalue weighted by Crippen LogP contribution is -2.45. The van der Waals surface area contributed by atoms with Crippen LogP contribution in [0.2, 0.25) is 0 Å². The molecule has 5 N–H and O–H groups in total. The summed E-state index contributed by atoms with van der Waals surface area (Å²) >= 11 is 0. The number of hydrogen-bond donors (Lipinski definition) is 3. The summed E-state index contributed by atoms with van der Waals surface area (Å²) in [7, 11) is 0. The summed E-state index contributed by atoms with van der Waals surface area (Å²) in [5.74, 6) is 0.421. The lowest BCUT2D eigenvalue weighted by Gasteiger charge is -2.32. The van der Waals surface area contributed by atoms with Crippen LogP contribution in [0, 0.1) is 5.41 Å². The van der Waals surface area contributed by atoms with Crippen LogP contribution in [-0.2, 0) is 4.79 Å². The number of piperidine rings is 1. The normalized spacial score (nSPS) is 18.3. The van der Waals surface area contributed by atoms with Crippen LogP contribution >= 0.6 is 0 Å². The standard InChI is InChI=1S/C13H24N4O2/c1-11(19)8-12(14)9-16-13-2-5-17(6-3-13)7-4-15-10-18/h8,10,13-14,16,19H,2-7,9H2,1H3,(H,15,18)/p+1/b11-8-,14-12?. The molecule has 1 heterocycles. The molecule has 1 saturated heterocycles. The van der Waals surface area contributed by atoms with Crippen molar-refractivity contribution in [1.29, 1.82) is 5.41 Å². The van der Waals surface area contributed by atoms with Crippen molar-refractivity contribution in [3.05, 3.63) is 11.8 Å². The summed E-state index contributed by atoms with van der Waals surface area (Å²) in [4.78, 5) is 12.5. The Hall–Kier alpha value is -1.40. The van der Waals surface area contributed by atoms with E-state index in [2.05, 4.69) is 15.5 Å². The Morgan fingerprint density at radius 2 is 2.16 bits per heavy atom. The van der Waals surface area contributed by atoms with Crippen molar-refractivity contribution in [3.63, 3.8) is 0 Å². The van der Waals surface area contributed by atoms with Crippen molar-refractivity contribution in [2.75, 3.05) is 32.7 Å². The van der Waals surface area contributed by atoms with Crippen LogP contribution < -0.4 is 10.6 Å². The molecule has 0 aromatic heterocycles. The van der Waals surface area contributed by atoms with Crippen LogP contribution in [0.1, 0.15) is 19.8 Å². The molecule has 1 aliphatic heterocycles. The quantitative estimate of drug-likeness (QED) is 0.181. The molecule has 1 aliphatic rings. The highest BCUT2D eigenvalue weighted by atomic mass is 16.3. The number of amides is 1. The first-order valence-electron chi connectivity index (χ1n) is 6.72. The Balaban J connectivity index is 2.14. The summed E-state index contributed by atoms with van der Waals surface area (Å²) < 4.78 is 0. The first-order chi connectivity index (χ1) is 9.11. The summed E-state index contributed by atoms with van der Waals surface area (Å²) in [5.41, 5.74) is 0.463. The van der Waals surface area contributed by atoms with E-state index in [0.29, 0.717) is 30.6 Å². The monoisotopic (exact) mass is 269 g/mol. The second-order valence-corrected chi connectivity index (χ2v) is 4.92. The van der Waals surface area contributed by atoms with Gasteiger partial charge in [-0.2, -0.15) is 0 Å². The van der Waals surface area contributed by atoms with Gasteiger partial charge in [-0.15, -0.1) is 0 Å². The number of carbonyl (C=O) groups is 1. The SMILES string of the molecule is C/C([OH2+])=C/C(=N)CNC1CCN(CCNC=O)CC1. The minimum atomic E-state index is 0.421. The molecule has 1 fully saturated rings. The molecule has 0 bridgehead atoms. The zero-order chi connectivity index (χ0) is 14.1. The predicted octanol–water partition coefficient (Wildman–Crippen LogP) is -0.565. The van der Waals surface area contributed by atoms with E-state index in [1.54, 1.807) is 13.0 Å². The van der Waals surface area contributed by atoms with E-state index in [1.165, 1.54) is 0 Å². The molecule has 0 radical (unpaired) electrons. The molecule has 6 nitrogen and oxygen atoms in total. The fourth-order valence-electron chi connectivity index (χ4n) is 2.21. The molecule has 0 aromatic rings.